The molecule has 0 aliphatic rings. The number of aliphatic imine (C=N–C) groups is 1. The highest BCUT2D eigenvalue weighted by Crippen LogP contribution is 1.83. The van der Waals surface area contributed by atoms with Gasteiger partial charge in [-0.25, -0.2) is 4.99 Å². The number of methoxy groups -OCH3 is 1. The SMILES string of the molecule is CCCNC(=NCC(=O)N(C)C)NCCCOC.I. The van der Waals surface area contributed by atoms with Gasteiger partial charge in [-0.1, -0.05) is 6.92 Å². The summed E-state index contributed by atoms with van der Waals surface area (Å²) in [7, 11) is 5.13. The third-order valence-electron chi connectivity index (χ3n) is 2.23. The number of ether oxygens (including phenoxy) is 1. The number of halogens is 1. The fraction of sp³-hybridized carbons (Fsp3) is 0.833. The molecule has 114 valence electrons. The fourth-order valence-corrected chi connectivity index (χ4v) is 1.13. The molecule has 0 fully saturated rings. The van der Waals surface area contributed by atoms with Gasteiger partial charge in [-0.3, -0.25) is 4.79 Å². The topological polar surface area (TPSA) is 66.0 Å². The van der Waals surface area contributed by atoms with Crippen LogP contribution in [0.25, 0.3) is 0 Å². The first-order chi connectivity index (χ1) is 8.61. The Hall–Kier alpha value is -0.570. The molecule has 7 heteroatoms. The van der Waals surface area contributed by atoms with Crippen molar-refractivity contribution in [2.24, 2.45) is 4.99 Å². The number of likely N-dealkylation sites (N-methyl/N-ethyl adjacent to an activating group) is 1. The molecule has 0 spiro atoms. The van der Waals surface area contributed by atoms with Crippen LogP contribution in [0.1, 0.15) is 19.8 Å². The summed E-state index contributed by atoms with van der Waals surface area (Å²) >= 11 is 0. The second kappa shape index (κ2) is 13.9. The third kappa shape index (κ3) is 12.2. The zero-order valence-electron chi connectivity index (χ0n) is 12.4. The van der Waals surface area contributed by atoms with Crippen molar-refractivity contribution >= 4 is 35.8 Å². The van der Waals surface area contributed by atoms with Gasteiger partial charge in [-0.05, 0) is 12.8 Å². The van der Waals surface area contributed by atoms with Crippen LogP contribution in [0.4, 0.5) is 0 Å². The molecule has 19 heavy (non-hydrogen) atoms. The van der Waals surface area contributed by atoms with Crippen molar-refractivity contribution in [2.45, 2.75) is 19.8 Å². The van der Waals surface area contributed by atoms with Crippen LogP contribution < -0.4 is 10.6 Å². The number of amides is 1. The van der Waals surface area contributed by atoms with E-state index in [2.05, 4.69) is 22.5 Å². The van der Waals surface area contributed by atoms with Crippen LogP contribution in [-0.2, 0) is 9.53 Å². The van der Waals surface area contributed by atoms with E-state index in [1.807, 2.05) is 0 Å². The van der Waals surface area contributed by atoms with Crippen LogP contribution in [0, 0.1) is 0 Å². The molecule has 0 aromatic rings. The number of carbonyl (C=O) groups is 1. The van der Waals surface area contributed by atoms with Gasteiger partial charge in [0.1, 0.15) is 6.54 Å². The van der Waals surface area contributed by atoms with Crippen molar-refractivity contribution < 1.29 is 9.53 Å². The Morgan fingerprint density at radius 2 is 1.89 bits per heavy atom. The van der Waals surface area contributed by atoms with Gasteiger partial charge in [0.05, 0.1) is 0 Å². The molecule has 2 N–H and O–H groups in total. The smallest absolute Gasteiger partial charge is 0.243 e. The summed E-state index contributed by atoms with van der Waals surface area (Å²) in [4.78, 5) is 17.2. The quantitative estimate of drug-likeness (QED) is 0.279. The van der Waals surface area contributed by atoms with Crippen molar-refractivity contribution in [1.29, 1.82) is 0 Å². The molecule has 0 heterocycles. The molecule has 0 aromatic heterocycles. The first-order valence-corrected chi connectivity index (χ1v) is 6.33. The summed E-state index contributed by atoms with van der Waals surface area (Å²) in [6.07, 6.45) is 1.92. The molecule has 0 saturated heterocycles. The molecule has 0 aliphatic heterocycles. The minimum absolute atomic E-state index is 0. The normalized spacial score (nSPS) is 10.6. The molecule has 6 nitrogen and oxygen atoms in total. The number of nitrogens with zero attached hydrogens (tertiary/aromatic N) is 2. The van der Waals surface area contributed by atoms with Crippen LogP contribution in [0.3, 0.4) is 0 Å². The van der Waals surface area contributed by atoms with Crippen molar-refractivity contribution in [3.05, 3.63) is 0 Å². The summed E-state index contributed by atoms with van der Waals surface area (Å²) < 4.78 is 4.97. The van der Waals surface area contributed by atoms with Crippen LogP contribution in [0.2, 0.25) is 0 Å². The summed E-state index contributed by atoms with van der Waals surface area (Å²) in [5.74, 6) is 0.674. The second-order valence-electron chi connectivity index (χ2n) is 4.15. The maximum atomic E-state index is 11.4. The van der Waals surface area contributed by atoms with Crippen molar-refractivity contribution in [3.63, 3.8) is 0 Å². The molecule has 1 amide bonds. The Labute approximate surface area is 133 Å². The Morgan fingerprint density at radius 1 is 1.26 bits per heavy atom. The fourth-order valence-electron chi connectivity index (χ4n) is 1.13. The Morgan fingerprint density at radius 3 is 2.42 bits per heavy atom. The molecular formula is C12H27IN4O2. The number of hydrogen-bond donors (Lipinski definition) is 2. The van der Waals surface area contributed by atoms with Gasteiger partial charge in [0.2, 0.25) is 5.91 Å². The summed E-state index contributed by atoms with van der Waals surface area (Å²) in [6, 6.07) is 0. The number of hydrogen-bond acceptors (Lipinski definition) is 3. The molecule has 0 radical (unpaired) electrons. The third-order valence-corrected chi connectivity index (χ3v) is 2.23. The van der Waals surface area contributed by atoms with Crippen LogP contribution in [0.5, 0.6) is 0 Å². The maximum absolute atomic E-state index is 11.4. The molecule has 0 aromatic carbocycles. The largest absolute Gasteiger partial charge is 0.385 e. The number of guanidine groups is 1. The molecule has 0 saturated carbocycles. The summed E-state index contributed by atoms with van der Waals surface area (Å²) in [5.41, 5.74) is 0. The molecule has 0 aliphatic carbocycles. The lowest BCUT2D eigenvalue weighted by Crippen LogP contribution is -2.39. The molecule has 0 atom stereocenters. The van der Waals surface area contributed by atoms with E-state index in [-0.39, 0.29) is 36.4 Å². The van der Waals surface area contributed by atoms with Gasteiger partial charge in [0.25, 0.3) is 0 Å². The van der Waals surface area contributed by atoms with E-state index in [1.165, 1.54) is 4.90 Å². The highest BCUT2D eigenvalue weighted by atomic mass is 127. The lowest BCUT2D eigenvalue weighted by atomic mass is 10.4. The van der Waals surface area contributed by atoms with Gasteiger partial charge < -0.3 is 20.3 Å². The van der Waals surface area contributed by atoms with Crippen LogP contribution in [0.15, 0.2) is 4.99 Å². The average molecular weight is 386 g/mol. The number of carbonyl (C=O) groups excluding carboxylic acids is 1. The van der Waals surface area contributed by atoms with E-state index >= 15 is 0 Å². The van der Waals surface area contributed by atoms with Gasteiger partial charge >= 0.3 is 0 Å². The minimum atomic E-state index is -0.00973. The Balaban J connectivity index is 0. The average Bonchev–Trinajstić information content (AvgIpc) is 2.36. The van der Waals surface area contributed by atoms with Crippen LogP contribution >= 0.6 is 24.0 Å². The van der Waals surface area contributed by atoms with Gasteiger partial charge in [-0.15, -0.1) is 24.0 Å². The number of nitrogens with one attached hydrogen (secondary N) is 2. The molecule has 0 bridgehead atoms. The van der Waals surface area contributed by atoms with Crippen molar-refractivity contribution in [1.82, 2.24) is 15.5 Å². The maximum Gasteiger partial charge on any atom is 0.243 e. The van der Waals surface area contributed by atoms with E-state index in [1.54, 1.807) is 21.2 Å². The van der Waals surface area contributed by atoms with E-state index in [4.69, 9.17) is 4.74 Å². The zero-order chi connectivity index (χ0) is 13.8. The second-order valence-corrected chi connectivity index (χ2v) is 4.15. The summed E-state index contributed by atoms with van der Waals surface area (Å²) in [6.45, 7) is 4.58. The highest BCUT2D eigenvalue weighted by Gasteiger charge is 2.03. The number of rotatable bonds is 8. The van der Waals surface area contributed by atoms with E-state index in [0.29, 0.717) is 12.6 Å². The first kappa shape index (κ1) is 20.7. The summed E-state index contributed by atoms with van der Waals surface area (Å²) in [5, 5.41) is 6.34. The van der Waals surface area contributed by atoms with Crippen molar-refractivity contribution in [2.75, 3.05) is 47.4 Å². The molecule has 0 unspecified atom stereocenters. The van der Waals surface area contributed by atoms with Crippen molar-refractivity contribution in [3.8, 4) is 0 Å². The highest BCUT2D eigenvalue weighted by molar-refractivity contribution is 14.0. The molecular weight excluding hydrogens is 359 g/mol. The van der Waals surface area contributed by atoms with Crippen LogP contribution in [-0.4, -0.2) is 64.2 Å². The van der Waals surface area contributed by atoms with Gasteiger partial charge in [0.15, 0.2) is 5.96 Å². The lowest BCUT2D eigenvalue weighted by molar-refractivity contribution is -0.127. The predicted molar refractivity (Wildman–Crippen MR) is 89.2 cm³/mol. The molecule has 0 rings (SSSR count). The van der Waals surface area contributed by atoms with E-state index < -0.39 is 0 Å². The Kier molecular flexibility index (Phi) is 15.1. The monoisotopic (exact) mass is 386 g/mol. The standard InChI is InChI=1S/C12H26N4O2.HI/c1-5-7-13-12(14-8-6-9-18-4)15-10-11(17)16(2)3;/h5-10H2,1-4H3,(H2,13,14,15);1H. The van der Waals surface area contributed by atoms with Gasteiger partial charge in [0, 0.05) is 40.9 Å². The Bertz CT molecular complexity index is 260. The lowest BCUT2D eigenvalue weighted by Gasteiger charge is -2.13. The predicted octanol–water partition coefficient (Wildman–Crippen LogP) is 0.674. The zero-order valence-corrected chi connectivity index (χ0v) is 14.7. The van der Waals surface area contributed by atoms with E-state index in [0.717, 1.165) is 25.9 Å². The minimum Gasteiger partial charge on any atom is -0.385 e. The van der Waals surface area contributed by atoms with E-state index in [9.17, 15) is 4.79 Å². The first-order valence-electron chi connectivity index (χ1n) is 6.33. The van der Waals surface area contributed by atoms with Gasteiger partial charge in [-0.2, -0.15) is 0 Å².